The number of nitrogens with one attached hydrogen (secondary N) is 2. The van der Waals surface area contributed by atoms with Crippen LogP contribution in [0.15, 0.2) is 60.7 Å². The molecule has 6 nitrogen and oxygen atoms in total. The summed E-state index contributed by atoms with van der Waals surface area (Å²) in [5.74, 6) is 2.73. The summed E-state index contributed by atoms with van der Waals surface area (Å²) in [4.78, 5) is 21.5. The molecule has 1 heterocycles. The zero-order valence-electron chi connectivity index (χ0n) is 17.0. The predicted molar refractivity (Wildman–Crippen MR) is 116 cm³/mol. The standard InChI is InChI=1S/C23H26N4O2/c1-16(2)13-14-24-22-15-20(25-17(3)26-22)23(28)27-19-11-7-8-12-21(19)29-18-9-5-4-6-10-18/h4-12,15-16H,13-14H2,1-3H3,(H,27,28)(H,24,25,26). The van der Waals surface area contributed by atoms with Gasteiger partial charge in [0.15, 0.2) is 5.75 Å². The SMILES string of the molecule is Cc1nc(NCCC(C)C)cc(C(=O)Nc2ccccc2Oc2ccccc2)n1. The van der Waals surface area contributed by atoms with Gasteiger partial charge >= 0.3 is 0 Å². The first kappa shape index (κ1) is 20.3. The highest BCUT2D eigenvalue weighted by Gasteiger charge is 2.14. The average Bonchev–Trinajstić information content (AvgIpc) is 2.69. The van der Waals surface area contributed by atoms with Gasteiger partial charge in [0.2, 0.25) is 0 Å². The van der Waals surface area contributed by atoms with Gasteiger partial charge in [0.1, 0.15) is 23.1 Å². The van der Waals surface area contributed by atoms with Gasteiger partial charge in [-0.2, -0.15) is 0 Å². The number of carbonyl (C=O) groups is 1. The maximum Gasteiger partial charge on any atom is 0.274 e. The smallest absolute Gasteiger partial charge is 0.274 e. The highest BCUT2D eigenvalue weighted by molar-refractivity contribution is 6.04. The number of ether oxygens (including phenoxy) is 1. The first-order valence-electron chi connectivity index (χ1n) is 9.74. The molecule has 0 radical (unpaired) electrons. The van der Waals surface area contributed by atoms with E-state index in [4.69, 9.17) is 4.74 Å². The van der Waals surface area contributed by atoms with Gasteiger partial charge in [0.05, 0.1) is 5.69 Å². The summed E-state index contributed by atoms with van der Waals surface area (Å²) in [6.45, 7) is 6.90. The first-order chi connectivity index (χ1) is 14.0. The van der Waals surface area contributed by atoms with Crippen molar-refractivity contribution in [1.82, 2.24) is 9.97 Å². The minimum atomic E-state index is -0.313. The number of nitrogens with zero attached hydrogens (tertiary/aromatic N) is 2. The van der Waals surface area contributed by atoms with Crippen molar-refractivity contribution in [2.75, 3.05) is 17.2 Å². The maximum absolute atomic E-state index is 12.8. The van der Waals surface area contributed by atoms with Crippen LogP contribution in [0.25, 0.3) is 0 Å². The number of benzene rings is 2. The number of amides is 1. The second-order valence-electron chi connectivity index (χ2n) is 7.16. The molecule has 2 aromatic carbocycles. The molecule has 0 bridgehead atoms. The van der Waals surface area contributed by atoms with Crippen LogP contribution >= 0.6 is 0 Å². The van der Waals surface area contributed by atoms with E-state index < -0.39 is 0 Å². The molecule has 0 saturated carbocycles. The third kappa shape index (κ3) is 6.04. The molecule has 1 amide bonds. The van der Waals surface area contributed by atoms with E-state index in [1.807, 2.05) is 48.5 Å². The van der Waals surface area contributed by atoms with E-state index >= 15 is 0 Å². The minimum Gasteiger partial charge on any atom is -0.455 e. The Hall–Kier alpha value is -3.41. The van der Waals surface area contributed by atoms with Crippen LogP contribution in [0.5, 0.6) is 11.5 Å². The summed E-state index contributed by atoms with van der Waals surface area (Å²) in [7, 11) is 0. The van der Waals surface area contributed by atoms with Crippen molar-refractivity contribution in [3.63, 3.8) is 0 Å². The van der Waals surface area contributed by atoms with E-state index in [-0.39, 0.29) is 5.91 Å². The van der Waals surface area contributed by atoms with E-state index in [1.54, 1.807) is 19.1 Å². The molecular weight excluding hydrogens is 364 g/mol. The number of para-hydroxylation sites is 3. The lowest BCUT2D eigenvalue weighted by atomic mass is 10.1. The van der Waals surface area contributed by atoms with E-state index in [9.17, 15) is 4.79 Å². The third-order valence-corrected chi connectivity index (χ3v) is 4.20. The monoisotopic (exact) mass is 390 g/mol. The molecule has 3 rings (SSSR count). The van der Waals surface area contributed by atoms with Crippen molar-refractivity contribution >= 4 is 17.4 Å². The number of carbonyl (C=O) groups excluding carboxylic acids is 1. The minimum absolute atomic E-state index is 0.305. The summed E-state index contributed by atoms with van der Waals surface area (Å²) in [6.07, 6.45) is 1.02. The van der Waals surface area contributed by atoms with Gasteiger partial charge in [-0.3, -0.25) is 4.79 Å². The molecule has 29 heavy (non-hydrogen) atoms. The number of aryl methyl sites for hydroxylation is 1. The Bertz CT molecular complexity index is 958. The molecule has 150 valence electrons. The summed E-state index contributed by atoms with van der Waals surface area (Å²) in [5.41, 5.74) is 0.881. The summed E-state index contributed by atoms with van der Waals surface area (Å²) in [6, 6.07) is 18.4. The third-order valence-electron chi connectivity index (χ3n) is 4.20. The van der Waals surface area contributed by atoms with Crippen LogP contribution in [0, 0.1) is 12.8 Å². The number of rotatable bonds is 8. The van der Waals surface area contributed by atoms with Gasteiger partial charge in [0.25, 0.3) is 5.91 Å². The van der Waals surface area contributed by atoms with Crippen LogP contribution < -0.4 is 15.4 Å². The van der Waals surface area contributed by atoms with Crippen molar-refractivity contribution < 1.29 is 9.53 Å². The molecule has 0 fully saturated rings. The zero-order valence-corrected chi connectivity index (χ0v) is 17.0. The molecule has 0 aliphatic heterocycles. The van der Waals surface area contributed by atoms with Crippen molar-refractivity contribution in [1.29, 1.82) is 0 Å². The summed E-state index contributed by atoms with van der Waals surface area (Å²) < 4.78 is 5.91. The second-order valence-corrected chi connectivity index (χ2v) is 7.16. The van der Waals surface area contributed by atoms with Crippen LogP contribution in [0.1, 0.15) is 36.6 Å². The lowest BCUT2D eigenvalue weighted by molar-refractivity contribution is 0.102. The number of anilines is 2. The molecule has 0 spiro atoms. The van der Waals surface area contributed by atoms with Gasteiger partial charge in [-0.1, -0.05) is 44.2 Å². The maximum atomic E-state index is 12.8. The zero-order chi connectivity index (χ0) is 20.6. The lowest BCUT2D eigenvalue weighted by Crippen LogP contribution is -2.16. The number of hydrogen-bond donors (Lipinski definition) is 2. The Labute approximate surface area is 171 Å². The quantitative estimate of drug-likeness (QED) is 0.547. The predicted octanol–water partition coefficient (Wildman–Crippen LogP) is 5.29. The van der Waals surface area contributed by atoms with Gasteiger partial charge in [-0.05, 0) is 43.5 Å². The van der Waals surface area contributed by atoms with Gasteiger partial charge in [-0.15, -0.1) is 0 Å². The topological polar surface area (TPSA) is 76.1 Å². The Morgan fingerprint density at radius 1 is 1.03 bits per heavy atom. The lowest BCUT2D eigenvalue weighted by Gasteiger charge is -2.13. The fraction of sp³-hybridized carbons (Fsp3) is 0.261. The van der Waals surface area contributed by atoms with Crippen molar-refractivity contribution in [2.24, 2.45) is 5.92 Å². The molecule has 0 aliphatic carbocycles. The Balaban J connectivity index is 1.74. The van der Waals surface area contributed by atoms with Crippen LogP contribution in [-0.4, -0.2) is 22.4 Å². The van der Waals surface area contributed by atoms with E-state index in [1.165, 1.54) is 0 Å². The van der Waals surface area contributed by atoms with Crippen LogP contribution in [0.4, 0.5) is 11.5 Å². The highest BCUT2D eigenvalue weighted by atomic mass is 16.5. The number of aromatic nitrogens is 2. The van der Waals surface area contributed by atoms with Gasteiger partial charge in [-0.25, -0.2) is 9.97 Å². The van der Waals surface area contributed by atoms with E-state index in [2.05, 4.69) is 34.4 Å². The summed E-state index contributed by atoms with van der Waals surface area (Å²) >= 11 is 0. The van der Waals surface area contributed by atoms with Gasteiger partial charge in [0, 0.05) is 12.6 Å². The fourth-order valence-corrected chi connectivity index (χ4v) is 2.72. The highest BCUT2D eigenvalue weighted by Crippen LogP contribution is 2.29. The van der Waals surface area contributed by atoms with E-state index in [0.717, 1.165) is 13.0 Å². The normalized spacial score (nSPS) is 10.6. The Morgan fingerprint density at radius 3 is 2.52 bits per heavy atom. The Morgan fingerprint density at radius 2 is 1.76 bits per heavy atom. The molecular formula is C23H26N4O2. The van der Waals surface area contributed by atoms with Crippen molar-refractivity contribution in [3.8, 4) is 11.5 Å². The molecule has 0 aliphatic rings. The molecule has 2 N–H and O–H groups in total. The van der Waals surface area contributed by atoms with Crippen LogP contribution in [-0.2, 0) is 0 Å². The second kappa shape index (κ2) is 9.68. The van der Waals surface area contributed by atoms with Crippen molar-refractivity contribution in [2.45, 2.75) is 27.2 Å². The number of hydrogen-bond acceptors (Lipinski definition) is 5. The molecule has 0 atom stereocenters. The molecule has 6 heteroatoms. The summed E-state index contributed by atoms with van der Waals surface area (Å²) in [5, 5.41) is 6.16. The van der Waals surface area contributed by atoms with Crippen molar-refractivity contribution in [3.05, 3.63) is 72.2 Å². The molecule has 1 aromatic heterocycles. The fourth-order valence-electron chi connectivity index (χ4n) is 2.72. The molecule has 0 unspecified atom stereocenters. The van der Waals surface area contributed by atoms with Crippen LogP contribution in [0.3, 0.4) is 0 Å². The molecule has 3 aromatic rings. The average molecular weight is 390 g/mol. The Kier molecular flexibility index (Phi) is 6.79. The first-order valence-corrected chi connectivity index (χ1v) is 9.74. The largest absolute Gasteiger partial charge is 0.455 e. The van der Waals surface area contributed by atoms with E-state index in [0.29, 0.717) is 40.4 Å². The van der Waals surface area contributed by atoms with Gasteiger partial charge < -0.3 is 15.4 Å². The molecule has 0 saturated heterocycles. The van der Waals surface area contributed by atoms with Crippen LogP contribution in [0.2, 0.25) is 0 Å².